The molecule has 25 heavy (non-hydrogen) atoms. The van der Waals surface area contributed by atoms with Crippen molar-refractivity contribution >= 4 is 16.6 Å². The van der Waals surface area contributed by atoms with Crippen LogP contribution in [0.15, 0.2) is 53.3 Å². The Morgan fingerprint density at radius 2 is 1.96 bits per heavy atom. The molecular weight excluding hydrogens is 316 g/mol. The number of para-hydroxylation sites is 1. The van der Waals surface area contributed by atoms with Gasteiger partial charge in [0, 0.05) is 23.7 Å². The van der Waals surface area contributed by atoms with Gasteiger partial charge in [0.15, 0.2) is 0 Å². The molecule has 0 saturated carbocycles. The second kappa shape index (κ2) is 6.89. The van der Waals surface area contributed by atoms with E-state index in [0.29, 0.717) is 17.5 Å². The standard InChI is InChI=1S/C20H22N2O3/c1-4-22-17-11-6-5-10-16(17)19(23)18(20(22)24)13(2)21-14-8-7-9-15(12-14)25-3/h5-13,21,23H,4H2,1-3H3/t13-/m1/s1. The predicted molar refractivity (Wildman–Crippen MR) is 101 cm³/mol. The van der Waals surface area contributed by atoms with E-state index < -0.39 is 0 Å². The summed E-state index contributed by atoms with van der Waals surface area (Å²) in [7, 11) is 1.61. The van der Waals surface area contributed by atoms with Crippen molar-refractivity contribution in [3.63, 3.8) is 0 Å². The Kier molecular flexibility index (Phi) is 4.65. The molecule has 0 radical (unpaired) electrons. The molecule has 2 aromatic carbocycles. The van der Waals surface area contributed by atoms with E-state index in [9.17, 15) is 9.90 Å². The van der Waals surface area contributed by atoms with Crippen molar-refractivity contribution < 1.29 is 9.84 Å². The molecule has 0 bridgehead atoms. The average Bonchev–Trinajstić information content (AvgIpc) is 2.62. The number of aryl methyl sites for hydroxylation is 1. The number of pyridine rings is 1. The monoisotopic (exact) mass is 338 g/mol. The van der Waals surface area contributed by atoms with Crippen molar-refractivity contribution in [1.82, 2.24) is 4.57 Å². The predicted octanol–water partition coefficient (Wildman–Crippen LogP) is 3.91. The number of aromatic hydroxyl groups is 1. The molecule has 0 fully saturated rings. The van der Waals surface area contributed by atoms with Crippen LogP contribution in [0.5, 0.6) is 11.5 Å². The van der Waals surface area contributed by atoms with E-state index in [4.69, 9.17) is 4.74 Å². The van der Waals surface area contributed by atoms with Gasteiger partial charge in [-0.25, -0.2) is 0 Å². The van der Waals surface area contributed by atoms with E-state index in [-0.39, 0.29) is 17.4 Å². The van der Waals surface area contributed by atoms with E-state index in [2.05, 4.69) is 5.32 Å². The van der Waals surface area contributed by atoms with Crippen molar-refractivity contribution in [2.24, 2.45) is 0 Å². The van der Waals surface area contributed by atoms with Crippen LogP contribution in [0.3, 0.4) is 0 Å². The summed E-state index contributed by atoms with van der Waals surface area (Å²) < 4.78 is 6.92. The highest BCUT2D eigenvalue weighted by molar-refractivity contribution is 5.86. The molecule has 0 amide bonds. The highest BCUT2D eigenvalue weighted by atomic mass is 16.5. The van der Waals surface area contributed by atoms with Gasteiger partial charge in [-0.15, -0.1) is 0 Å². The molecular formula is C20H22N2O3. The smallest absolute Gasteiger partial charge is 0.260 e. The SMILES string of the molecule is CCn1c(=O)c([C@@H](C)Nc2cccc(OC)c2)c(O)c2ccccc21. The molecule has 2 N–H and O–H groups in total. The minimum atomic E-state index is -0.359. The molecule has 130 valence electrons. The van der Waals surface area contributed by atoms with E-state index in [1.165, 1.54) is 0 Å². The highest BCUT2D eigenvalue weighted by Gasteiger charge is 2.20. The molecule has 5 nitrogen and oxygen atoms in total. The lowest BCUT2D eigenvalue weighted by molar-refractivity contribution is 0.415. The summed E-state index contributed by atoms with van der Waals surface area (Å²) in [6.07, 6.45) is 0. The molecule has 0 saturated heterocycles. The lowest BCUT2D eigenvalue weighted by Gasteiger charge is -2.20. The van der Waals surface area contributed by atoms with Gasteiger partial charge in [-0.05, 0) is 38.1 Å². The first-order valence-electron chi connectivity index (χ1n) is 8.31. The van der Waals surface area contributed by atoms with Gasteiger partial charge >= 0.3 is 0 Å². The van der Waals surface area contributed by atoms with Crippen LogP contribution >= 0.6 is 0 Å². The van der Waals surface area contributed by atoms with Crippen molar-refractivity contribution in [3.05, 3.63) is 64.4 Å². The number of fused-ring (bicyclic) bond motifs is 1. The molecule has 0 aliphatic heterocycles. The molecule has 0 spiro atoms. The zero-order valence-corrected chi connectivity index (χ0v) is 14.6. The van der Waals surface area contributed by atoms with Gasteiger partial charge in [-0.3, -0.25) is 4.79 Å². The normalized spacial score (nSPS) is 12.1. The fourth-order valence-electron chi connectivity index (χ4n) is 3.15. The summed E-state index contributed by atoms with van der Waals surface area (Å²) in [5.74, 6) is 0.763. The average molecular weight is 338 g/mol. The summed E-state index contributed by atoms with van der Waals surface area (Å²) >= 11 is 0. The Balaban J connectivity index is 2.09. The van der Waals surface area contributed by atoms with Gasteiger partial charge in [0.2, 0.25) is 0 Å². The van der Waals surface area contributed by atoms with Crippen LogP contribution in [0.4, 0.5) is 5.69 Å². The molecule has 0 aliphatic carbocycles. The van der Waals surface area contributed by atoms with Crippen molar-refractivity contribution in [2.45, 2.75) is 26.4 Å². The molecule has 5 heteroatoms. The molecule has 0 unspecified atom stereocenters. The molecule has 3 aromatic rings. The number of methoxy groups -OCH3 is 1. The Hall–Kier alpha value is -2.95. The second-order valence-electron chi connectivity index (χ2n) is 5.93. The third-order valence-electron chi connectivity index (χ3n) is 4.38. The fraction of sp³-hybridized carbons (Fsp3) is 0.250. The Bertz CT molecular complexity index is 963. The number of nitrogens with one attached hydrogen (secondary N) is 1. The summed E-state index contributed by atoms with van der Waals surface area (Å²) in [5, 5.41) is 14.7. The fourth-order valence-corrected chi connectivity index (χ4v) is 3.15. The third-order valence-corrected chi connectivity index (χ3v) is 4.38. The van der Waals surface area contributed by atoms with Crippen molar-refractivity contribution in [1.29, 1.82) is 0 Å². The molecule has 0 aliphatic rings. The molecule has 1 heterocycles. The lowest BCUT2D eigenvalue weighted by atomic mass is 10.0. The highest BCUT2D eigenvalue weighted by Crippen LogP contribution is 2.31. The van der Waals surface area contributed by atoms with Crippen LogP contribution in [0.2, 0.25) is 0 Å². The van der Waals surface area contributed by atoms with E-state index in [0.717, 1.165) is 17.0 Å². The number of nitrogens with zero attached hydrogens (tertiary/aromatic N) is 1. The maximum atomic E-state index is 12.9. The van der Waals surface area contributed by atoms with Crippen molar-refractivity contribution in [2.75, 3.05) is 12.4 Å². The van der Waals surface area contributed by atoms with Crippen LogP contribution in [0.25, 0.3) is 10.9 Å². The first-order chi connectivity index (χ1) is 12.1. The third kappa shape index (κ3) is 3.05. The minimum absolute atomic E-state index is 0.0354. The van der Waals surface area contributed by atoms with Gasteiger partial charge < -0.3 is 19.7 Å². The van der Waals surface area contributed by atoms with E-state index in [1.807, 2.05) is 62.4 Å². The Morgan fingerprint density at radius 1 is 1.20 bits per heavy atom. The maximum absolute atomic E-state index is 12.9. The number of ether oxygens (including phenoxy) is 1. The molecule has 1 atom stereocenters. The van der Waals surface area contributed by atoms with Crippen LogP contribution < -0.4 is 15.6 Å². The number of hydrogen-bond donors (Lipinski definition) is 2. The van der Waals surface area contributed by atoms with Gasteiger partial charge in [0.1, 0.15) is 11.5 Å². The Morgan fingerprint density at radius 3 is 2.68 bits per heavy atom. The summed E-state index contributed by atoms with van der Waals surface area (Å²) in [6, 6.07) is 14.5. The minimum Gasteiger partial charge on any atom is -0.507 e. The van der Waals surface area contributed by atoms with E-state index in [1.54, 1.807) is 11.7 Å². The maximum Gasteiger partial charge on any atom is 0.260 e. The zero-order valence-electron chi connectivity index (χ0n) is 14.6. The molecule has 1 aromatic heterocycles. The molecule has 3 rings (SSSR count). The number of anilines is 1. The first kappa shape index (κ1) is 16.9. The van der Waals surface area contributed by atoms with Gasteiger partial charge in [-0.2, -0.15) is 0 Å². The van der Waals surface area contributed by atoms with Crippen LogP contribution in [-0.4, -0.2) is 16.8 Å². The number of benzene rings is 2. The van der Waals surface area contributed by atoms with Crippen LogP contribution in [0.1, 0.15) is 25.5 Å². The summed E-state index contributed by atoms with van der Waals surface area (Å²) in [4.78, 5) is 12.9. The number of hydrogen-bond acceptors (Lipinski definition) is 4. The lowest BCUT2D eigenvalue weighted by Crippen LogP contribution is -2.27. The topological polar surface area (TPSA) is 63.5 Å². The summed E-state index contributed by atoms with van der Waals surface area (Å²) in [6.45, 7) is 4.33. The summed E-state index contributed by atoms with van der Waals surface area (Å²) in [5.41, 5.74) is 1.75. The largest absolute Gasteiger partial charge is 0.507 e. The van der Waals surface area contributed by atoms with Crippen molar-refractivity contribution in [3.8, 4) is 11.5 Å². The quantitative estimate of drug-likeness (QED) is 0.740. The van der Waals surface area contributed by atoms with Gasteiger partial charge in [-0.1, -0.05) is 18.2 Å². The van der Waals surface area contributed by atoms with E-state index >= 15 is 0 Å². The Labute approximate surface area is 146 Å². The van der Waals surface area contributed by atoms with Crippen LogP contribution in [-0.2, 0) is 6.54 Å². The van der Waals surface area contributed by atoms with Crippen LogP contribution in [0, 0.1) is 0 Å². The van der Waals surface area contributed by atoms with Gasteiger partial charge in [0.05, 0.1) is 24.2 Å². The number of rotatable bonds is 5. The number of aromatic nitrogens is 1. The zero-order chi connectivity index (χ0) is 18.0. The second-order valence-corrected chi connectivity index (χ2v) is 5.93. The van der Waals surface area contributed by atoms with Gasteiger partial charge in [0.25, 0.3) is 5.56 Å². The first-order valence-corrected chi connectivity index (χ1v) is 8.31.